The Morgan fingerprint density at radius 2 is 2.00 bits per heavy atom. The van der Waals surface area contributed by atoms with Crippen LogP contribution in [0.2, 0.25) is 0 Å². The number of nitrogens with zero attached hydrogens (tertiary/aromatic N) is 1. The van der Waals surface area contributed by atoms with E-state index in [-0.39, 0.29) is 11.9 Å². The number of allylic oxidation sites excluding steroid dienone is 1. The molecular formula is C20H27NO3. The Bertz CT molecular complexity index is 595. The van der Waals surface area contributed by atoms with Crippen molar-refractivity contribution in [2.24, 2.45) is 0 Å². The molecule has 0 aliphatic heterocycles. The van der Waals surface area contributed by atoms with Gasteiger partial charge in [-0.3, -0.25) is 4.79 Å². The van der Waals surface area contributed by atoms with Crippen molar-refractivity contribution in [3.63, 3.8) is 0 Å². The zero-order valence-corrected chi connectivity index (χ0v) is 14.7. The van der Waals surface area contributed by atoms with Crippen LogP contribution in [0.4, 0.5) is 0 Å². The van der Waals surface area contributed by atoms with Crippen LogP contribution in [0.5, 0.6) is 11.5 Å². The molecule has 1 aliphatic rings. The highest BCUT2D eigenvalue weighted by Crippen LogP contribution is 2.30. The SMILES string of the molecule is C=CC(=O)N(Cc1ccc(OCC)c(OCC)c1)C1CC=CCC1. The van der Waals surface area contributed by atoms with Gasteiger partial charge in [-0.05, 0) is 56.9 Å². The third kappa shape index (κ3) is 4.63. The second kappa shape index (κ2) is 9.16. The molecule has 0 saturated heterocycles. The van der Waals surface area contributed by atoms with Crippen LogP contribution < -0.4 is 9.47 Å². The van der Waals surface area contributed by atoms with Crippen molar-refractivity contribution in [1.82, 2.24) is 4.90 Å². The molecule has 2 rings (SSSR count). The van der Waals surface area contributed by atoms with Gasteiger partial charge in [0.2, 0.25) is 5.91 Å². The Morgan fingerprint density at radius 3 is 2.62 bits per heavy atom. The van der Waals surface area contributed by atoms with E-state index in [0.29, 0.717) is 19.8 Å². The number of rotatable bonds is 8. The molecule has 0 bridgehead atoms. The van der Waals surface area contributed by atoms with E-state index in [9.17, 15) is 4.79 Å². The minimum Gasteiger partial charge on any atom is -0.490 e. The van der Waals surface area contributed by atoms with E-state index in [1.807, 2.05) is 36.9 Å². The summed E-state index contributed by atoms with van der Waals surface area (Å²) < 4.78 is 11.3. The summed E-state index contributed by atoms with van der Waals surface area (Å²) in [7, 11) is 0. The van der Waals surface area contributed by atoms with Gasteiger partial charge in [-0.25, -0.2) is 0 Å². The first kappa shape index (κ1) is 18.1. The second-order valence-corrected chi connectivity index (χ2v) is 5.76. The number of ether oxygens (including phenoxy) is 2. The Morgan fingerprint density at radius 1 is 1.25 bits per heavy atom. The molecule has 0 spiro atoms. The lowest BCUT2D eigenvalue weighted by molar-refractivity contribution is -0.129. The Hall–Kier alpha value is -2.23. The maximum atomic E-state index is 12.3. The molecule has 0 heterocycles. The highest BCUT2D eigenvalue weighted by Gasteiger charge is 2.22. The number of carbonyl (C=O) groups excluding carboxylic acids is 1. The van der Waals surface area contributed by atoms with Crippen molar-refractivity contribution in [3.05, 3.63) is 48.6 Å². The predicted octanol–water partition coefficient (Wildman–Crippen LogP) is 4.11. The lowest BCUT2D eigenvalue weighted by atomic mass is 9.99. The molecule has 130 valence electrons. The average Bonchev–Trinajstić information content (AvgIpc) is 2.62. The highest BCUT2D eigenvalue weighted by atomic mass is 16.5. The zero-order chi connectivity index (χ0) is 17.4. The topological polar surface area (TPSA) is 38.8 Å². The summed E-state index contributed by atoms with van der Waals surface area (Å²) in [4.78, 5) is 14.2. The lowest BCUT2D eigenvalue weighted by Gasteiger charge is -2.32. The van der Waals surface area contributed by atoms with Crippen LogP contribution in [-0.2, 0) is 11.3 Å². The summed E-state index contributed by atoms with van der Waals surface area (Å²) in [6.45, 7) is 9.27. The molecule has 0 fully saturated rings. The Balaban J connectivity index is 2.21. The fourth-order valence-electron chi connectivity index (χ4n) is 2.96. The molecule has 0 N–H and O–H groups in total. The second-order valence-electron chi connectivity index (χ2n) is 5.76. The van der Waals surface area contributed by atoms with Crippen LogP contribution >= 0.6 is 0 Å². The number of hydrogen-bond acceptors (Lipinski definition) is 3. The number of benzene rings is 1. The smallest absolute Gasteiger partial charge is 0.246 e. The number of carbonyl (C=O) groups is 1. The lowest BCUT2D eigenvalue weighted by Crippen LogP contribution is -2.39. The molecule has 1 aromatic carbocycles. The molecule has 24 heavy (non-hydrogen) atoms. The summed E-state index contributed by atoms with van der Waals surface area (Å²) >= 11 is 0. The molecule has 1 aromatic rings. The van der Waals surface area contributed by atoms with E-state index < -0.39 is 0 Å². The van der Waals surface area contributed by atoms with Gasteiger partial charge in [0.05, 0.1) is 13.2 Å². The van der Waals surface area contributed by atoms with Crippen LogP contribution in [0.1, 0.15) is 38.7 Å². The number of hydrogen-bond donors (Lipinski definition) is 0. The fourth-order valence-corrected chi connectivity index (χ4v) is 2.96. The minimum atomic E-state index is -0.0258. The van der Waals surface area contributed by atoms with E-state index >= 15 is 0 Å². The Labute approximate surface area is 144 Å². The molecule has 0 radical (unpaired) electrons. The van der Waals surface area contributed by atoms with Crippen LogP contribution in [0.15, 0.2) is 43.0 Å². The number of amides is 1. The van der Waals surface area contributed by atoms with Crippen molar-refractivity contribution < 1.29 is 14.3 Å². The van der Waals surface area contributed by atoms with Crippen molar-refractivity contribution in [3.8, 4) is 11.5 Å². The zero-order valence-electron chi connectivity index (χ0n) is 14.7. The maximum Gasteiger partial charge on any atom is 0.246 e. The quantitative estimate of drug-likeness (QED) is 0.532. The summed E-state index contributed by atoms with van der Waals surface area (Å²) in [6.07, 6.45) is 8.63. The third-order valence-corrected chi connectivity index (χ3v) is 4.10. The van der Waals surface area contributed by atoms with Gasteiger partial charge < -0.3 is 14.4 Å². The largest absolute Gasteiger partial charge is 0.490 e. The van der Waals surface area contributed by atoms with Crippen molar-refractivity contribution in [2.45, 2.75) is 45.7 Å². The van der Waals surface area contributed by atoms with Crippen LogP contribution in [0.25, 0.3) is 0 Å². The van der Waals surface area contributed by atoms with E-state index in [2.05, 4.69) is 18.7 Å². The van der Waals surface area contributed by atoms with Crippen LogP contribution in [-0.4, -0.2) is 30.1 Å². The Kier molecular flexibility index (Phi) is 6.91. The monoisotopic (exact) mass is 329 g/mol. The summed E-state index contributed by atoms with van der Waals surface area (Å²) in [6, 6.07) is 6.11. The molecule has 1 aliphatic carbocycles. The van der Waals surface area contributed by atoms with E-state index in [1.165, 1.54) is 6.08 Å². The fraction of sp³-hybridized carbons (Fsp3) is 0.450. The molecular weight excluding hydrogens is 302 g/mol. The van der Waals surface area contributed by atoms with E-state index in [1.54, 1.807) is 0 Å². The predicted molar refractivity (Wildman–Crippen MR) is 96.3 cm³/mol. The first-order chi connectivity index (χ1) is 11.7. The third-order valence-electron chi connectivity index (χ3n) is 4.10. The maximum absolute atomic E-state index is 12.3. The molecule has 4 nitrogen and oxygen atoms in total. The summed E-state index contributed by atoms with van der Waals surface area (Å²) in [5.41, 5.74) is 1.03. The molecule has 4 heteroatoms. The first-order valence-corrected chi connectivity index (χ1v) is 8.66. The van der Waals surface area contributed by atoms with Crippen LogP contribution in [0, 0.1) is 0 Å². The normalized spacial score (nSPS) is 16.5. The molecule has 1 amide bonds. The average molecular weight is 329 g/mol. The van der Waals surface area contributed by atoms with Crippen molar-refractivity contribution in [1.29, 1.82) is 0 Å². The van der Waals surface area contributed by atoms with E-state index in [0.717, 1.165) is 36.3 Å². The van der Waals surface area contributed by atoms with E-state index in [4.69, 9.17) is 9.47 Å². The van der Waals surface area contributed by atoms with Gasteiger partial charge in [-0.15, -0.1) is 0 Å². The highest BCUT2D eigenvalue weighted by molar-refractivity contribution is 5.87. The molecule has 0 aromatic heterocycles. The van der Waals surface area contributed by atoms with Crippen molar-refractivity contribution >= 4 is 5.91 Å². The van der Waals surface area contributed by atoms with Gasteiger partial charge in [-0.1, -0.05) is 24.8 Å². The van der Waals surface area contributed by atoms with Gasteiger partial charge >= 0.3 is 0 Å². The van der Waals surface area contributed by atoms with Gasteiger partial charge in [0.25, 0.3) is 0 Å². The van der Waals surface area contributed by atoms with Gasteiger partial charge in [0.15, 0.2) is 11.5 Å². The molecule has 0 saturated carbocycles. The van der Waals surface area contributed by atoms with Crippen molar-refractivity contribution in [2.75, 3.05) is 13.2 Å². The van der Waals surface area contributed by atoms with Gasteiger partial charge in [0.1, 0.15) is 0 Å². The molecule has 1 atom stereocenters. The minimum absolute atomic E-state index is 0.0258. The standard InChI is InChI=1S/C20H27NO3/c1-4-20(22)21(17-10-8-7-9-11-17)15-16-12-13-18(23-5-2)19(14-16)24-6-3/h4,7-8,12-14,17H,1,5-6,9-11,15H2,2-3H3. The van der Waals surface area contributed by atoms with Gasteiger partial charge in [0, 0.05) is 12.6 Å². The summed E-state index contributed by atoms with van der Waals surface area (Å²) in [5, 5.41) is 0. The molecule has 1 unspecified atom stereocenters. The summed E-state index contributed by atoms with van der Waals surface area (Å²) in [5.74, 6) is 1.44. The van der Waals surface area contributed by atoms with Gasteiger partial charge in [-0.2, -0.15) is 0 Å². The first-order valence-electron chi connectivity index (χ1n) is 8.66. The van der Waals surface area contributed by atoms with Crippen LogP contribution in [0.3, 0.4) is 0 Å².